The van der Waals surface area contributed by atoms with E-state index in [0.717, 1.165) is 33.8 Å². The molecule has 0 radical (unpaired) electrons. The Labute approximate surface area is 128 Å². The zero-order valence-electron chi connectivity index (χ0n) is 12.7. The number of hydrogen-bond acceptors (Lipinski definition) is 4. The van der Waals surface area contributed by atoms with Crippen LogP contribution < -0.4 is 11.1 Å². The second-order valence-corrected chi connectivity index (χ2v) is 7.19. The summed E-state index contributed by atoms with van der Waals surface area (Å²) < 4.78 is 0. The first kappa shape index (κ1) is 14.1. The molecule has 3 rings (SSSR count). The molecule has 4 nitrogen and oxygen atoms in total. The van der Waals surface area contributed by atoms with Crippen LogP contribution in [0, 0.1) is 6.92 Å². The number of aromatic nitrogens is 1. The van der Waals surface area contributed by atoms with Gasteiger partial charge in [0.2, 0.25) is 5.91 Å². The summed E-state index contributed by atoms with van der Waals surface area (Å²) in [5, 5.41) is 3.58. The summed E-state index contributed by atoms with van der Waals surface area (Å²) in [6, 6.07) is 4.24. The molecule has 0 unspecified atom stereocenters. The molecule has 0 bridgehead atoms. The number of hydrogen-bond donors (Lipinski definition) is 2. The van der Waals surface area contributed by atoms with E-state index in [2.05, 4.69) is 29.4 Å². The molecule has 1 amide bonds. The summed E-state index contributed by atoms with van der Waals surface area (Å²) in [5.41, 5.74) is 10.3. The molecule has 2 aromatic rings. The van der Waals surface area contributed by atoms with Crippen molar-refractivity contribution >= 4 is 28.1 Å². The summed E-state index contributed by atoms with van der Waals surface area (Å²) in [7, 11) is 0. The number of nitrogens with zero attached hydrogens (tertiary/aromatic N) is 1. The number of nitrogen functional groups attached to an aromatic ring is 1. The normalized spacial score (nSPS) is 15.9. The highest BCUT2D eigenvalue weighted by molar-refractivity contribution is 7.15. The SMILES string of the molecule is CCc1cc(-c2nc(N)sc2C)c2c(c1)C(C)(C)C(=O)N2. The van der Waals surface area contributed by atoms with Crippen LogP contribution in [0.15, 0.2) is 12.1 Å². The van der Waals surface area contributed by atoms with Crippen molar-refractivity contribution in [3.05, 3.63) is 28.1 Å². The molecule has 0 aliphatic carbocycles. The second kappa shape index (κ2) is 4.56. The molecule has 2 heterocycles. The fourth-order valence-corrected chi connectivity index (χ4v) is 3.48. The van der Waals surface area contributed by atoms with Crippen molar-refractivity contribution in [2.24, 2.45) is 0 Å². The summed E-state index contributed by atoms with van der Waals surface area (Å²) in [6.45, 7) is 8.04. The van der Waals surface area contributed by atoms with Gasteiger partial charge in [0.15, 0.2) is 5.13 Å². The highest BCUT2D eigenvalue weighted by atomic mass is 32.1. The van der Waals surface area contributed by atoms with Crippen LogP contribution in [0.1, 0.15) is 36.8 Å². The maximum absolute atomic E-state index is 12.3. The summed E-state index contributed by atoms with van der Waals surface area (Å²) in [6.07, 6.45) is 0.920. The van der Waals surface area contributed by atoms with E-state index in [4.69, 9.17) is 5.73 Å². The van der Waals surface area contributed by atoms with Gasteiger partial charge >= 0.3 is 0 Å². The third-order valence-corrected chi connectivity index (χ3v) is 4.95. The summed E-state index contributed by atoms with van der Waals surface area (Å²) in [4.78, 5) is 17.8. The monoisotopic (exact) mass is 301 g/mol. The minimum Gasteiger partial charge on any atom is -0.375 e. The van der Waals surface area contributed by atoms with Crippen LogP contribution in [0.2, 0.25) is 0 Å². The number of nitrogens with two attached hydrogens (primary N) is 1. The van der Waals surface area contributed by atoms with Gasteiger partial charge < -0.3 is 11.1 Å². The van der Waals surface area contributed by atoms with Gasteiger partial charge in [0.1, 0.15) is 0 Å². The molecule has 0 atom stereocenters. The highest BCUT2D eigenvalue weighted by Gasteiger charge is 2.40. The molecule has 1 aromatic carbocycles. The largest absolute Gasteiger partial charge is 0.375 e. The van der Waals surface area contributed by atoms with Crippen molar-refractivity contribution in [1.29, 1.82) is 0 Å². The van der Waals surface area contributed by atoms with E-state index in [-0.39, 0.29) is 5.91 Å². The number of benzene rings is 1. The zero-order valence-corrected chi connectivity index (χ0v) is 13.5. The molecule has 1 aliphatic rings. The lowest BCUT2D eigenvalue weighted by atomic mass is 9.83. The fraction of sp³-hybridized carbons (Fsp3) is 0.375. The first-order valence-corrected chi connectivity index (χ1v) is 7.88. The number of rotatable bonds is 2. The van der Waals surface area contributed by atoms with Gasteiger partial charge in [-0.15, -0.1) is 11.3 Å². The maximum atomic E-state index is 12.3. The van der Waals surface area contributed by atoms with Crippen molar-refractivity contribution < 1.29 is 4.79 Å². The van der Waals surface area contributed by atoms with Gasteiger partial charge in [-0.1, -0.05) is 13.0 Å². The van der Waals surface area contributed by atoms with Crippen LogP contribution in [0.5, 0.6) is 0 Å². The van der Waals surface area contributed by atoms with Crippen LogP contribution in [0.3, 0.4) is 0 Å². The molecule has 0 fully saturated rings. The minimum absolute atomic E-state index is 0.0351. The van der Waals surface area contributed by atoms with E-state index in [1.54, 1.807) is 0 Å². The molecule has 110 valence electrons. The fourth-order valence-electron chi connectivity index (χ4n) is 2.78. The number of aryl methyl sites for hydroxylation is 2. The lowest BCUT2D eigenvalue weighted by Gasteiger charge is -2.17. The Balaban J connectivity index is 2.30. The molecular weight excluding hydrogens is 282 g/mol. The third kappa shape index (κ3) is 2.03. The third-order valence-electron chi connectivity index (χ3n) is 4.15. The molecule has 1 aromatic heterocycles. The average Bonchev–Trinajstić information content (AvgIpc) is 2.87. The maximum Gasteiger partial charge on any atom is 0.234 e. The molecule has 0 saturated heterocycles. The Hall–Kier alpha value is -1.88. The van der Waals surface area contributed by atoms with Gasteiger partial charge in [0, 0.05) is 10.4 Å². The standard InChI is InChI=1S/C16H19N3OS/c1-5-9-6-10(12-8(2)21-15(17)19-12)13-11(7-9)16(3,4)14(20)18-13/h6-7H,5H2,1-4H3,(H2,17,19)(H,18,20). The van der Waals surface area contributed by atoms with Gasteiger partial charge in [-0.25, -0.2) is 4.98 Å². The number of carbonyl (C=O) groups is 1. The lowest BCUT2D eigenvalue weighted by molar-refractivity contribution is -0.119. The van der Waals surface area contributed by atoms with Crippen molar-refractivity contribution in [1.82, 2.24) is 4.98 Å². The second-order valence-electron chi connectivity index (χ2n) is 5.96. The quantitative estimate of drug-likeness (QED) is 0.892. The molecule has 21 heavy (non-hydrogen) atoms. The van der Waals surface area contributed by atoms with Crippen molar-refractivity contribution in [3.63, 3.8) is 0 Å². The number of fused-ring (bicyclic) bond motifs is 1. The van der Waals surface area contributed by atoms with E-state index in [9.17, 15) is 4.79 Å². The topological polar surface area (TPSA) is 68.0 Å². The van der Waals surface area contributed by atoms with E-state index >= 15 is 0 Å². The van der Waals surface area contributed by atoms with E-state index < -0.39 is 5.41 Å². The van der Waals surface area contributed by atoms with Crippen LogP contribution in [0.4, 0.5) is 10.8 Å². The molecule has 5 heteroatoms. The number of thiazole rings is 1. The number of nitrogens with one attached hydrogen (secondary N) is 1. The van der Waals surface area contributed by atoms with Crippen molar-refractivity contribution in [2.75, 3.05) is 11.1 Å². The Morgan fingerprint density at radius 3 is 2.67 bits per heavy atom. The zero-order chi connectivity index (χ0) is 15.4. The van der Waals surface area contributed by atoms with Gasteiger partial charge in [0.25, 0.3) is 0 Å². The Morgan fingerprint density at radius 2 is 2.10 bits per heavy atom. The highest BCUT2D eigenvalue weighted by Crippen LogP contribution is 2.45. The predicted octanol–water partition coefficient (Wildman–Crippen LogP) is 3.49. The average molecular weight is 301 g/mol. The Bertz CT molecular complexity index is 746. The molecule has 3 N–H and O–H groups in total. The first-order valence-electron chi connectivity index (χ1n) is 7.06. The van der Waals surface area contributed by atoms with E-state index in [0.29, 0.717) is 5.13 Å². The van der Waals surface area contributed by atoms with Gasteiger partial charge in [-0.05, 0) is 44.4 Å². The van der Waals surface area contributed by atoms with Crippen LogP contribution in [0.25, 0.3) is 11.3 Å². The predicted molar refractivity (Wildman–Crippen MR) is 87.7 cm³/mol. The number of carbonyl (C=O) groups excluding carboxylic acids is 1. The minimum atomic E-state index is -0.509. The Kier molecular flexibility index (Phi) is 3.06. The lowest BCUT2D eigenvalue weighted by Crippen LogP contribution is -2.26. The van der Waals surface area contributed by atoms with Crippen molar-refractivity contribution in [2.45, 2.75) is 39.5 Å². The molecular formula is C16H19N3OS. The summed E-state index contributed by atoms with van der Waals surface area (Å²) in [5.74, 6) is 0.0351. The van der Waals surface area contributed by atoms with E-state index in [1.165, 1.54) is 16.9 Å². The first-order chi connectivity index (χ1) is 9.84. The van der Waals surface area contributed by atoms with Crippen LogP contribution in [-0.4, -0.2) is 10.9 Å². The van der Waals surface area contributed by atoms with Gasteiger partial charge in [-0.3, -0.25) is 4.79 Å². The van der Waals surface area contributed by atoms with Gasteiger partial charge in [-0.2, -0.15) is 0 Å². The summed E-state index contributed by atoms with van der Waals surface area (Å²) >= 11 is 1.48. The molecule has 1 aliphatic heterocycles. The number of amides is 1. The van der Waals surface area contributed by atoms with Crippen LogP contribution >= 0.6 is 11.3 Å². The Morgan fingerprint density at radius 1 is 1.38 bits per heavy atom. The van der Waals surface area contributed by atoms with E-state index in [1.807, 2.05) is 20.8 Å². The molecule has 0 spiro atoms. The van der Waals surface area contributed by atoms with Crippen molar-refractivity contribution in [3.8, 4) is 11.3 Å². The smallest absolute Gasteiger partial charge is 0.234 e. The number of anilines is 2. The van der Waals surface area contributed by atoms with Crippen LogP contribution in [-0.2, 0) is 16.6 Å². The van der Waals surface area contributed by atoms with Gasteiger partial charge in [0.05, 0.1) is 16.8 Å². The molecule has 0 saturated carbocycles.